The Morgan fingerprint density at radius 2 is 1.39 bits per heavy atom. The minimum absolute atomic E-state index is 0.967. The fraction of sp³-hybridized carbons (Fsp3) is 0.0690. The molecule has 0 amide bonds. The number of furan rings is 1. The van der Waals surface area contributed by atoms with Gasteiger partial charge in [0.2, 0.25) is 5.69 Å². The van der Waals surface area contributed by atoms with Crippen molar-refractivity contribution < 1.29 is 8.98 Å². The highest BCUT2D eigenvalue weighted by Crippen LogP contribution is 2.38. The van der Waals surface area contributed by atoms with Crippen molar-refractivity contribution in [2.75, 3.05) is 0 Å². The van der Waals surface area contributed by atoms with Crippen LogP contribution in [0.25, 0.3) is 55.1 Å². The first kappa shape index (κ1) is 17.9. The van der Waals surface area contributed by atoms with Crippen molar-refractivity contribution >= 4 is 32.7 Å². The lowest BCUT2D eigenvalue weighted by molar-refractivity contribution is -0.660. The zero-order valence-electron chi connectivity index (χ0n) is 17.6. The summed E-state index contributed by atoms with van der Waals surface area (Å²) in [5, 5.41) is 4.71. The Morgan fingerprint density at radius 3 is 2.26 bits per heavy atom. The van der Waals surface area contributed by atoms with Gasteiger partial charge < -0.3 is 4.42 Å². The van der Waals surface area contributed by atoms with Crippen LogP contribution in [0.1, 0.15) is 5.56 Å². The zero-order valence-corrected chi connectivity index (χ0v) is 17.6. The summed E-state index contributed by atoms with van der Waals surface area (Å²) < 4.78 is 8.68. The molecule has 2 nitrogen and oxygen atoms in total. The Bertz CT molecular complexity index is 1590. The molecule has 4 aromatic carbocycles. The maximum Gasteiger partial charge on any atom is 0.213 e. The molecule has 0 saturated carbocycles. The Balaban J connectivity index is 1.60. The molecule has 0 atom stereocenters. The lowest BCUT2D eigenvalue weighted by atomic mass is 9.98. The van der Waals surface area contributed by atoms with Crippen molar-refractivity contribution in [1.29, 1.82) is 0 Å². The van der Waals surface area contributed by atoms with Crippen LogP contribution in [0.15, 0.2) is 102 Å². The number of nitrogens with zero attached hydrogens (tertiary/aromatic N) is 1. The van der Waals surface area contributed by atoms with E-state index in [1.165, 1.54) is 44.1 Å². The number of hydrogen-bond acceptors (Lipinski definition) is 1. The predicted molar refractivity (Wildman–Crippen MR) is 128 cm³/mol. The Morgan fingerprint density at radius 1 is 0.645 bits per heavy atom. The number of aryl methyl sites for hydroxylation is 2. The Hall–Kier alpha value is -3.91. The van der Waals surface area contributed by atoms with Crippen LogP contribution < -0.4 is 4.57 Å². The molecule has 2 heterocycles. The molecule has 0 N–H and O–H groups in total. The first-order chi connectivity index (χ1) is 15.2. The molecule has 0 saturated heterocycles. The van der Waals surface area contributed by atoms with Gasteiger partial charge in [0.1, 0.15) is 18.2 Å². The van der Waals surface area contributed by atoms with E-state index in [0.717, 1.165) is 16.6 Å². The molecular formula is C29H22NO+. The van der Waals surface area contributed by atoms with E-state index in [1.54, 1.807) is 0 Å². The maximum atomic E-state index is 6.50. The molecule has 6 rings (SSSR count). The summed E-state index contributed by atoms with van der Waals surface area (Å²) in [7, 11) is 2.10. The SMILES string of the molecule is Cc1c(-c2cc(-c3ccccc3)cc[n+]2C)ccc2c1oc1c3ccccc3ccc21. The largest absolute Gasteiger partial charge is 0.455 e. The van der Waals surface area contributed by atoms with Crippen molar-refractivity contribution in [2.45, 2.75) is 6.92 Å². The number of benzene rings is 4. The highest BCUT2D eigenvalue weighted by atomic mass is 16.3. The van der Waals surface area contributed by atoms with Gasteiger partial charge in [-0.2, -0.15) is 0 Å². The molecule has 148 valence electrons. The molecule has 0 aliphatic heterocycles. The van der Waals surface area contributed by atoms with E-state index in [4.69, 9.17) is 4.42 Å². The van der Waals surface area contributed by atoms with Gasteiger partial charge in [0.05, 0.1) is 5.56 Å². The van der Waals surface area contributed by atoms with Gasteiger partial charge in [-0.05, 0) is 41.6 Å². The predicted octanol–water partition coefficient (Wildman–Crippen LogP) is 7.21. The number of rotatable bonds is 2. The van der Waals surface area contributed by atoms with Crippen LogP contribution in [0.4, 0.5) is 0 Å². The maximum absolute atomic E-state index is 6.50. The normalized spacial score (nSPS) is 11.5. The molecule has 2 aromatic heterocycles. The fourth-order valence-corrected chi connectivity index (χ4v) is 4.63. The second kappa shape index (κ2) is 6.82. The van der Waals surface area contributed by atoms with Crippen LogP contribution in [0.5, 0.6) is 0 Å². The van der Waals surface area contributed by atoms with Crippen molar-refractivity contribution in [3.05, 3.63) is 103 Å². The highest BCUT2D eigenvalue weighted by molar-refractivity contribution is 6.16. The van der Waals surface area contributed by atoms with E-state index in [9.17, 15) is 0 Å². The summed E-state index contributed by atoms with van der Waals surface area (Å²) in [5.74, 6) is 0. The van der Waals surface area contributed by atoms with E-state index in [2.05, 4.69) is 116 Å². The number of pyridine rings is 1. The average molecular weight is 401 g/mol. The summed E-state index contributed by atoms with van der Waals surface area (Å²) in [5.41, 5.74) is 7.90. The molecule has 0 unspecified atom stereocenters. The number of hydrogen-bond donors (Lipinski definition) is 0. The third-order valence-corrected chi connectivity index (χ3v) is 6.31. The second-order valence-corrected chi connectivity index (χ2v) is 8.16. The van der Waals surface area contributed by atoms with Gasteiger partial charge >= 0.3 is 0 Å². The van der Waals surface area contributed by atoms with Crippen molar-refractivity contribution in [3.8, 4) is 22.4 Å². The molecule has 2 heteroatoms. The van der Waals surface area contributed by atoms with Gasteiger partial charge in [-0.3, -0.25) is 0 Å². The third-order valence-electron chi connectivity index (χ3n) is 6.31. The Labute approximate surface area is 181 Å². The van der Waals surface area contributed by atoms with Gasteiger partial charge in [-0.15, -0.1) is 0 Å². The minimum atomic E-state index is 0.967. The first-order valence-electron chi connectivity index (χ1n) is 10.6. The standard InChI is InChI=1S/C29H22NO/c1-19-23(27-18-22(16-17-30(27)2)20-8-4-3-5-9-20)14-15-25-26-13-12-21-10-6-7-11-24(21)29(26)31-28(19)25/h3-18H,1-2H3/q+1. The van der Waals surface area contributed by atoms with Gasteiger partial charge in [-0.25, -0.2) is 4.57 Å². The van der Waals surface area contributed by atoms with Crippen LogP contribution >= 0.6 is 0 Å². The lowest BCUT2D eigenvalue weighted by Gasteiger charge is -2.07. The lowest BCUT2D eigenvalue weighted by Crippen LogP contribution is -2.30. The van der Waals surface area contributed by atoms with Crippen LogP contribution in [-0.4, -0.2) is 0 Å². The molecule has 0 radical (unpaired) electrons. The average Bonchev–Trinajstić information content (AvgIpc) is 3.21. The van der Waals surface area contributed by atoms with E-state index < -0.39 is 0 Å². The minimum Gasteiger partial charge on any atom is -0.455 e. The monoisotopic (exact) mass is 400 g/mol. The van der Waals surface area contributed by atoms with E-state index in [1.807, 2.05) is 0 Å². The second-order valence-electron chi connectivity index (χ2n) is 8.16. The van der Waals surface area contributed by atoms with Crippen molar-refractivity contribution in [2.24, 2.45) is 7.05 Å². The molecule has 0 fully saturated rings. The van der Waals surface area contributed by atoms with Crippen molar-refractivity contribution in [1.82, 2.24) is 0 Å². The molecular weight excluding hydrogens is 378 g/mol. The fourth-order valence-electron chi connectivity index (χ4n) is 4.63. The summed E-state index contributed by atoms with van der Waals surface area (Å²) in [4.78, 5) is 0. The van der Waals surface area contributed by atoms with Gasteiger partial charge in [-0.1, -0.05) is 60.7 Å². The summed E-state index contributed by atoms with van der Waals surface area (Å²) in [6.07, 6.45) is 2.13. The molecule has 0 spiro atoms. The van der Waals surface area contributed by atoms with Crippen LogP contribution in [0, 0.1) is 6.92 Å². The van der Waals surface area contributed by atoms with Crippen LogP contribution in [-0.2, 0) is 7.05 Å². The zero-order chi connectivity index (χ0) is 20.9. The van der Waals surface area contributed by atoms with E-state index in [0.29, 0.717) is 0 Å². The summed E-state index contributed by atoms with van der Waals surface area (Å²) >= 11 is 0. The molecule has 0 bridgehead atoms. The number of aromatic nitrogens is 1. The van der Waals surface area contributed by atoms with Crippen LogP contribution in [0.3, 0.4) is 0 Å². The van der Waals surface area contributed by atoms with E-state index >= 15 is 0 Å². The van der Waals surface area contributed by atoms with Gasteiger partial charge in [0.15, 0.2) is 6.20 Å². The van der Waals surface area contributed by atoms with E-state index in [-0.39, 0.29) is 0 Å². The smallest absolute Gasteiger partial charge is 0.213 e. The van der Waals surface area contributed by atoms with Gasteiger partial charge in [0.25, 0.3) is 0 Å². The third kappa shape index (κ3) is 2.76. The molecule has 31 heavy (non-hydrogen) atoms. The topological polar surface area (TPSA) is 17.0 Å². The Kier molecular flexibility index (Phi) is 3.94. The number of fused-ring (bicyclic) bond motifs is 5. The summed E-state index contributed by atoms with van der Waals surface area (Å²) in [6, 6.07) is 32.2. The highest BCUT2D eigenvalue weighted by Gasteiger charge is 2.19. The van der Waals surface area contributed by atoms with Crippen LogP contribution in [0.2, 0.25) is 0 Å². The quantitative estimate of drug-likeness (QED) is 0.281. The molecule has 0 aliphatic carbocycles. The first-order valence-corrected chi connectivity index (χ1v) is 10.6. The molecule has 0 aliphatic rings. The summed E-state index contributed by atoms with van der Waals surface area (Å²) in [6.45, 7) is 2.16. The van der Waals surface area contributed by atoms with Gasteiger partial charge in [0, 0.05) is 33.9 Å². The van der Waals surface area contributed by atoms with Crippen molar-refractivity contribution in [3.63, 3.8) is 0 Å². The molecule has 6 aromatic rings.